The van der Waals surface area contributed by atoms with Gasteiger partial charge in [0.2, 0.25) is 0 Å². The zero-order valence-electron chi connectivity index (χ0n) is 22.2. The highest BCUT2D eigenvalue weighted by molar-refractivity contribution is 7.15. The minimum absolute atomic E-state index is 0.0954. The van der Waals surface area contributed by atoms with Crippen LogP contribution < -0.4 is 10.9 Å². The highest BCUT2D eigenvalue weighted by Gasteiger charge is 2.41. The van der Waals surface area contributed by atoms with Crippen molar-refractivity contribution in [2.24, 2.45) is 0 Å². The van der Waals surface area contributed by atoms with Crippen LogP contribution >= 0.6 is 22.9 Å². The molecule has 4 heterocycles. The van der Waals surface area contributed by atoms with Crippen LogP contribution in [0.4, 0.5) is 23.7 Å². The summed E-state index contributed by atoms with van der Waals surface area (Å²) in [5, 5.41) is 14.4. The highest BCUT2D eigenvalue weighted by atomic mass is 35.5. The number of nitrogens with one attached hydrogen (secondary N) is 1. The molecule has 0 bridgehead atoms. The number of thiazole rings is 1. The molecule has 14 heteroatoms. The molecule has 220 valence electrons. The van der Waals surface area contributed by atoms with Crippen molar-refractivity contribution in [1.29, 1.82) is 0 Å². The lowest BCUT2D eigenvalue weighted by Gasteiger charge is -2.33. The molecule has 0 aliphatic carbocycles. The van der Waals surface area contributed by atoms with E-state index < -0.39 is 12.3 Å². The molecule has 2 saturated heterocycles. The fraction of sp³-hybridized carbons (Fsp3) is 0.357. The molecule has 1 unspecified atom stereocenters. The van der Waals surface area contributed by atoms with Gasteiger partial charge in [-0.1, -0.05) is 23.7 Å². The monoisotopic (exact) mass is 619 g/mol. The number of hydrogen-bond donors (Lipinski definition) is 2. The van der Waals surface area contributed by atoms with Crippen LogP contribution in [-0.4, -0.2) is 62.0 Å². The molecule has 0 spiro atoms. The standard InChI is InChI=1S/C28H25ClF3N5O4S/c1-14-34-22-9-19(25-33-11-23(42-25)24(38)28(30,31)32)21(35-17-6-7-36-18(8-17)13-41-27(36)40)10-20(22)26(39)37(14)12-15-2-4-16(29)5-3-15/h2-5,9-11,17-18,24,35,38H,6-8,12-13H2,1H3/t17-,18-,24?/m0/s1. The Morgan fingerprint density at radius 3 is 2.74 bits per heavy atom. The number of fused-ring (bicyclic) bond motifs is 2. The Balaban J connectivity index is 1.42. The lowest BCUT2D eigenvalue weighted by Crippen LogP contribution is -2.45. The maximum absolute atomic E-state index is 13.7. The van der Waals surface area contributed by atoms with Gasteiger partial charge in [0.15, 0.2) is 6.10 Å². The maximum atomic E-state index is 13.7. The first kappa shape index (κ1) is 28.4. The Morgan fingerprint density at radius 1 is 1.24 bits per heavy atom. The van der Waals surface area contributed by atoms with Crippen molar-refractivity contribution in [1.82, 2.24) is 19.4 Å². The second kappa shape index (κ2) is 10.9. The fourth-order valence-electron chi connectivity index (χ4n) is 5.38. The molecule has 2 aliphatic heterocycles. The number of anilines is 1. The van der Waals surface area contributed by atoms with Crippen LogP contribution in [0.25, 0.3) is 21.5 Å². The van der Waals surface area contributed by atoms with E-state index in [1.807, 2.05) is 12.1 Å². The molecule has 1 amide bonds. The Labute approximate surface area is 246 Å². The molecule has 42 heavy (non-hydrogen) atoms. The molecule has 6 rings (SSSR count). The van der Waals surface area contributed by atoms with Gasteiger partial charge in [0.05, 0.1) is 28.4 Å². The average Bonchev–Trinajstić information content (AvgIpc) is 3.58. The number of aliphatic hydroxyl groups is 1. The zero-order chi connectivity index (χ0) is 29.8. The minimum atomic E-state index is -4.84. The Hall–Kier alpha value is -3.68. The van der Waals surface area contributed by atoms with E-state index in [4.69, 9.17) is 16.3 Å². The zero-order valence-corrected chi connectivity index (χ0v) is 23.8. The van der Waals surface area contributed by atoms with E-state index in [1.54, 1.807) is 40.7 Å². The van der Waals surface area contributed by atoms with Crippen LogP contribution in [0.1, 0.15) is 35.2 Å². The van der Waals surface area contributed by atoms with Gasteiger partial charge in [-0.2, -0.15) is 13.2 Å². The summed E-state index contributed by atoms with van der Waals surface area (Å²) in [6, 6.07) is 10.2. The molecule has 3 atom stereocenters. The van der Waals surface area contributed by atoms with E-state index in [9.17, 15) is 27.9 Å². The van der Waals surface area contributed by atoms with Crippen LogP contribution in [-0.2, 0) is 11.3 Å². The number of ether oxygens (including phenoxy) is 1. The molecule has 2 fully saturated rings. The number of carbonyl (C=O) groups excluding carboxylic acids is 1. The van der Waals surface area contributed by atoms with Gasteiger partial charge in [-0.05, 0) is 49.6 Å². The number of hydrogen-bond acceptors (Lipinski definition) is 8. The van der Waals surface area contributed by atoms with E-state index in [2.05, 4.69) is 15.3 Å². The van der Waals surface area contributed by atoms with E-state index in [0.717, 1.165) is 23.1 Å². The van der Waals surface area contributed by atoms with Gasteiger partial charge in [0.25, 0.3) is 5.56 Å². The average molecular weight is 620 g/mol. The van der Waals surface area contributed by atoms with E-state index >= 15 is 0 Å². The number of nitrogens with zero attached hydrogens (tertiary/aromatic N) is 4. The maximum Gasteiger partial charge on any atom is 0.419 e. The van der Waals surface area contributed by atoms with Crippen molar-refractivity contribution in [3.05, 3.63) is 74.2 Å². The summed E-state index contributed by atoms with van der Waals surface area (Å²) in [5.74, 6) is 0.458. The molecule has 2 aromatic carbocycles. The van der Waals surface area contributed by atoms with Gasteiger partial charge in [-0.15, -0.1) is 11.3 Å². The minimum Gasteiger partial charge on any atom is -0.447 e. The lowest BCUT2D eigenvalue weighted by atomic mass is 9.97. The summed E-state index contributed by atoms with van der Waals surface area (Å²) < 4.78 is 46.3. The molecule has 2 aromatic heterocycles. The third-order valence-electron chi connectivity index (χ3n) is 7.58. The van der Waals surface area contributed by atoms with Crippen LogP contribution in [0.15, 0.2) is 47.4 Å². The number of rotatable bonds is 6. The first-order valence-corrected chi connectivity index (χ1v) is 14.4. The van der Waals surface area contributed by atoms with Gasteiger partial charge in [-0.25, -0.2) is 14.8 Å². The lowest BCUT2D eigenvalue weighted by molar-refractivity contribution is -0.205. The van der Waals surface area contributed by atoms with Crippen molar-refractivity contribution in [2.75, 3.05) is 18.5 Å². The molecular formula is C28H25ClF3N5O4S. The quantitative estimate of drug-likeness (QED) is 0.292. The topological polar surface area (TPSA) is 110 Å². The van der Waals surface area contributed by atoms with Gasteiger partial charge in [-0.3, -0.25) is 9.36 Å². The number of benzene rings is 2. The summed E-state index contributed by atoms with van der Waals surface area (Å²) in [4.78, 5) is 35.9. The number of aromatic nitrogens is 3. The molecular weight excluding hydrogens is 595 g/mol. The summed E-state index contributed by atoms with van der Waals surface area (Å²) in [6.07, 6.45) is -5.64. The second-order valence-electron chi connectivity index (χ2n) is 10.4. The molecule has 0 saturated carbocycles. The highest BCUT2D eigenvalue weighted by Crippen LogP contribution is 2.40. The molecule has 0 radical (unpaired) electrons. The number of amides is 1. The van der Waals surface area contributed by atoms with Crippen molar-refractivity contribution in [2.45, 2.75) is 50.7 Å². The SMILES string of the molecule is Cc1nc2cc(-c3ncc(C(O)C(F)(F)F)s3)c(N[C@H]3CCN4C(=O)OC[C@@H]4C3)cc2c(=O)n1Cc1ccc(Cl)cc1. The molecule has 2 N–H and O–H groups in total. The third kappa shape index (κ3) is 5.43. The number of alkyl halides is 3. The summed E-state index contributed by atoms with van der Waals surface area (Å²) in [7, 11) is 0. The van der Waals surface area contributed by atoms with Crippen LogP contribution in [0.2, 0.25) is 5.02 Å². The van der Waals surface area contributed by atoms with Crippen molar-refractivity contribution < 1.29 is 27.8 Å². The molecule has 9 nitrogen and oxygen atoms in total. The van der Waals surface area contributed by atoms with Crippen molar-refractivity contribution in [3.63, 3.8) is 0 Å². The Morgan fingerprint density at radius 2 is 2.00 bits per heavy atom. The van der Waals surface area contributed by atoms with E-state index in [0.29, 0.717) is 52.4 Å². The number of cyclic esters (lactones) is 1. The van der Waals surface area contributed by atoms with Gasteiger partial charge in [0, 0.05) is 35.1 Å². The Bertz CT molecular complexity index is 1730. The van der Waals surface area contributed by atoms with E-state index in [-0.39, 0.29) is 46.8 Å². The third-order valence-corrected chi connectivity index (χ3v) is 8.92. The normalized spacial score (nSPS) is 19.6. The predicted molar refractivity (Wildman–Crippen MR) is 152 cm³/mol. The number of piperidine rings is 1. The molecule has 2 aliphatic rings. The number of aryl methyl sites for hydroxylation is 1. The van der Waals surface area contributed by atoms with Crippen LogP contribution in [0.3, 0.4) is 0 Å². The van der Waals surface area contributed by atoms with Crippen molar-refractivity contribution in [3.8, 4) is 10.6 Å². The van der Waals surface area contributed by atoms with Gasteiger partial charge >= 0.3 is 12.3 Å². The van der Waals surface area contributed by atoms with E-state index in [1.165, 1.54) is 0 Å². The largest absolute Gasteiger partial charge is 0.447 e. The summed E-state index contributed by atoms with van der Waals surface area (Å²) >= 11 is 6.73. The van der Waals surface area contributed by atoms with Crippen molar-refractivity contribution >= 4 is 45.6 Å². The second-order valence-corrected chi connectivity index (χ2v) is 11.9. The fourth-order valence-corrected chi connectivity index (χ4v) is 6.47. The van der Waals surface area contributed by atoms with Crippen LogP contribution in [0, 0.1) is 6.92 Å². The van der Waals surface area contributed by atoms with Gasteiger partial charge < -0.3 is 20.1 Å². The molecule has 4 aromatic rings. The Kier molecular flexibility index (Phi) is 7.36. The number of halogens is 4. The smallest absolute Gasteiger partial charge is 0.419 e. The summed E-state index contributed by atoms with van der Waals surface area (Å²) in [6.45, 7) is 2.75. The number of carbonyl (C=O) groups is 1. The first-order chi connectivity index (χ1) is 20.0. The summed E-state index contributed by atoms with van der Waals surface area (Å²) in [5.41, 5.74) is 1.90. The predicted octanol–water partition coefficient (Wildman–Crippen LogP) is 5.52. The number of aliphatic hydroxyl groups excluding tert-OH is 1. The van der Waals surface area contributed by atoms with Gasteiger partial charge in [0.1, 0.15) is 17.4 Å². The van der Waals surface area contributed by atoms with Crippen LogP contribution in [0.5, 0.6) is 0 Å². The first-order valence-electron chi connectivity index (χ1n) is 13.2.